The Labute approximate surface area is 142 Å². The van der Waals surface area contributed by atoms with Gasteiger partial charge in [0.1, 0.15) is 5.69 Å². The van der Waals surface area contributed by atoms with Gasteiger partial charge in [0, 0.05) is 32.3 Å². The molecule has 0 aliphatic rings. The van der Waals surface area contributed by atoms with Crippen molar-refractivity contribution in [2.45, 2.75) is 13.8 Å². The lowest BCUT2D eigenvalue weighted by Crippen LogP contribution is -2.15. The molecule has 0 unspecified atom stereocenters. The molecule has 0 bridgehead atoms. The maximum Gasteiger partial charge on any atom is 0.293 e. The van der Waals surface area contributed by atoms with E-state index in [0.29, 0.717) is 17.8 Å². The zero-order valence-corrected chi connectivity index (χ0v) is 14.4. The fourth-order valence-electron chi connectivity index (χ4n) is 2.33. The quantitative estimate of drug-likeness (QED) is 0.460. The van der Waals surface area contributed by atoms with E-state index in [9.17, 15) is 10.1 Å². The summed E-state index contributed by atoms with van der Waals surface area (Å²) in [6, 6.07) is 13.2. The second-order valence-corrected chi connectivity index (χ2v) is 5.70. The summed E-state index contributed by atoms with van der Waals surface area (Å²) < 4.78 is 0. The molecule has 24 heavy (non-hydrogen) atoms. The van der Waals surface area contributed by atoms with Crippen LogP contribution >= 0.6 is 0 Å². The third-order valence-corrected chi connectivity index (χ3v) is 3.66. The van der Waals surface area contributed by atoms with Crippen molar-refractivity contribution in [1.82, 2.24) is 0 Å². The Balaban J connectivity index is 2.28. The lowest BCUT2D eigenvalue weighted by Gasteiger charge is -2.17. The number of nitrogens with zero attached hydrogens (tertiary/aromatic N) is 4. The molecule has 0 aliphatic heterocycles. The van der Waals surface area contributed by atoms with Crippen LogP contribution in [0.1, 0.15) is 18.1 Å². The molecule has 0 atom stereocenters. The molecule has 2 rings (SSSR count). The third-order valence-electron chi connectivity index (χ3n) is 3.66. The maximum atomic E-state index is 11.3. The van der Waals surface area contributed by atoms with Crippen molar-refractivity contribution >= 4 is 23.3 Å². The molecule has 6 nitrogen and oxygen atoms in total. The molecule has 0 N–H and O–H groups in total. The van der Waals surface area contributed by atoms with Gasteiger partial charge in [0.2, 0.25) is 0 Å². The number of hydrogen-bond donors (Lipinski definition) is 0. The number of hydrogen-bond acceptors (Lipinski definition) is 5. The van der Waals surface area contributed by atoms with Gasteiger partial charge in [0.05, 0.1) is 16.8 Å². The molecule has 0 aliphatic carbocycles. The van der Waals surface area contributed by atoms with Gasteiger partial charge in [-0.1, -0.05) is 23.8 Å². The SMILES string of the molecule is CCN(/N=C\c1ccc(N(C)C)c([N+](=O)[O-])c1)c1ccc(C)cc1. The Bertz CT molecular complexity index is 739. The zero-order chi connectivity index (χ0) is 17.7. The Hall–Kier alpha value is -2.89. The highest BCUT2D eigenvalue weighted by molar-refractivity contribution is 5.83. The van der Waals surface area contributed by atoms with Crippen molar-refractivity contribution in [2.24, 2.45) is 5.10 Å². The van der Waals surface area contributed by atoms with Gasteiger partial charge >= 0.3 is 0 Å². The largest absolute Gasteiger partial charge is 0.372 e. The number of benzene rings is 2. The van der Waals surface area contributed by atoms with E-state index in [0.717, 1.165) is 5.69 Å². The summed E-state index contributed by atoms with van der Waals surface area (Å²) in [4.78, 5) is 12.6. The van der Waals surface area contributed by atoms with Crippen LogP contribution in [0.4, 0.5) is 17.1 Å². The summed E-state index contributed by atoms with van der Waals surface area (Å²) in [5.41, 5.74) is 3.51. The van der Waals surface area contributed by atoms with Crippen LogP contribution in [0.3, 0.4) is 0 Å². The minimum Gasteiger partial charge on any atom is -0.372 e. The lowest BCUT2D eigenvalue weighted by atomic mass is 10.2. The van der Waals surface area contributed by atoms with Crippen LogP contribution in [0.5, 0.6) is 0 Å². The number of hydrazone groups is 1. The fraction of sp³-hybridized carbons (Fsp3) is 0.278. The van der Waals surface area contributed by atoms with Gasteiger partial charge in [-0.05, 0) is 32.0 Å². The molecular weight excluding hydrogens is 304 g/mol. The van der Waals surface area contributed by atoms with Crippen LogP contribution in [0, 0.1) is 17.0 Å². The van der Waals surface area contributed by atoms with Crippen molar-refractivity contribution < 1.29 is 4.92 Å². The van der Waals surface area contributed by atoms with E-state index in [4.69, 9.17) is 0 Å². The predicted molar refractivity (Wildman–Crippen MR) is 99.2 cm³/mol. The van der Waals surface area contributed by atoms with Gasteiger partial charge < -0.3 is 4.90 Å². The van der Waals surface area contributed by atoms with Crippen molar-refractivity contribution in [1.29, 1.82) is 0 Å². The van der Waals surface area contributed by atoms with Crippen molar-refractivity contribution in [3.05, 3.63) is 63.7 Å². The lowest BCUT2D eigenvalue weighted by molar-refractivity contribution is -0.384. The van der Waals surface area contributed by atoms with Gasteiger partial charge in [0.25, 0.3) is 5.69 Å². The number of anilines is 2. The Morgan fingerprint density at radius 3 is 2.38 bits per heavy atom. The predicted octanol–water partition coefficient (Wildman–Crippen LogP) is 3.83. The smallest absolute Gasteiger partial charge is 0.293 e. The number of aryl methyl sites for hydroxylation is 1. The second-order valence-electron chi connectivity index (χ2n) is 5.70. The maximum absolute atomic E-state index is 11.3. The summed E-state index contributed by atoms with van der Waals surface area (Å²) >= 11 is 0. The molecule has 0 spiro atoms. The van der Waals surface area contributed by atoms with Gasteiger partial charge in [0.15, 0.2) is 0 Å². The van der Waals surface area contributed by atoms with Gasteiger partial charge in [-0.2, -0.15) is 5.10 Å². The summed E-state index contributed by atoms with van der Waals surface area (Å²) in [5, 5.41) is 17.6. The molecule has 0 heterocycles. The highest BCUT2D eigenvalue weighted by Crippen LogP contribution is 2.27. The monoisotopic (exact) mass is 326 g/mol. The Morgan fingerprint density at radius 2 is 1.83 bits per heavy atom. The average molecular weight is 326 g/mol. The van der Waals surface area contributed by atoms with Crippen molar-refractivity contribution in [3.8, 4) is 0 Å². The van der Waals surface area contributed by atoms with Gasteiger partial charge in [-0.15, -0.1) is 0 Å². The van der Waals surface area contributed by atoms with Crippen LogP contribution < -0.4 is 9.91 Å². The normalized spacial score (nSPS) is 10.8. The molecule has 0 saturated carbocycles. The number of rotatable bonds is 6. The summed E-state index contributed by atoms with van der Waals surface area (Å²) in [6.07, 6.45) is 1.65. The van der Waals surface area contributed by atoms with Crippen LogP contribution in [-0.2, 0) is 0 Å². The van der Waals surface area contributed by atoms with E-state index >= 15 is 0 Å². The first-order valence-electron chi connectivity index (χ1n) is 7.76. The number of nitro benzene ring substituents is 1. The molecule has 6 heteroatoms. The minimum atomic E-state index is -0.371. The van der Waals surface area contributed by atoms with E-state index in [2.05, 4.69) is 5.10 Å². The molecule has 0 aromatic heterocycles. The minimum absolute atomic E-state index is 0.0716. The molecule has 0 amide bonds. The first-order valence-corrected chi connectivity index (χ1v) is 7.76. The van der Waals surface area contributed by atoms with E-state index < -0.39 is 0 Å². The van der Waals surface area contributed by atoms with Gasteiger partial charge in [-0.3, -0.25) is 15.1 Å². The fourth-order valence-corrected chi connectivity index (χ4v) is 2.33. The number of nitro groups is 1. The van der Waals surface area contributed by atoms with Crippen molar-refractivity contribution in [3.63, 3.8) is 0 Å². The van der Waals surface area contributed by atoms with E-state index in [1.807, 2.05) is 49.2 Å². The van der Waals surface area contributed by atoms with Crippen LogP contribution in [0.15, 0.2) is 47.6 Å². The van der Waals surface area contributed by atoms with Crippen LogP contribution in [0.25, 0.3) is 0 Å². The second kappa shape index (κ2) is 7.59. The first kappa shape index (κ1) is 17.5. The average Bonchev–Trinajstić information content (AvgIpc) is 2.56. The molecule has 2 aromatic rings. The highest BCUT2D eigenvalue weighted by Gasteiger charge is 2.15. The molecule has 0 radical (unpaired) electrons. The van der Waals surface area contributed by atoms with Crippen molar-refractivity contribution in [2.75, 3.05) is 30.5 Å². The molecule has 0 fully saturated rings. The van der Waals surface area contributed by atoms with E-state index in [-0.39, 0.29) is 10.6 Å². The van der Waals surface area contributed by atoms with Gasteiger partial charge in [-0.25, -0.2) is 0 Å². The molecule has 0 saturated heterocycles. The zero-order valence-electron chi connectivity index (χ0n) is 14.4. The molecular formula is C18H22N4O2. The summed E-state index contributed by atoms with van der Waals surface area (Å²) in [7, 11) is 3.57. The standard InChI is InChI=1S/C18H22N4O2/c1-5-21(16-9-6-14(2)7-10-16)19-13-15-8-11-17(20(3)4)18(12-15)22(23)24/h6-13H,5H2,1-4H3/b19-13-. The van der Waals surface area contributed by atoms with Crippen LogP contribution in [0.2, 0.25) is 0 Å². The van der Waals surface area contributed by atoms with E-state index in [1.165, 1.54) is 5.56 Å². The Kier molecular flexibility index (Phi) is 5.52. The topological polar surface area (TPSA) is 62.0 Å². The van der Waals surface area contributed by atoms with Crippen LogP contribution in [-0.4, -0.2) is 31.8 Å². The molecule has 126 valence electrons. The third kappa shape index (κ3) is 4.10. The molecule has 2 aromatic carbocycles. The Morgan fingerprint density at radius 1 is 1.17 bits per heavy atom. The summed E-state index contributed by atoms with van der Waals surface area (Å²) in [6.45, 7) is 4.75. The van der Waals surface area contributed by atoms with E-state index in [1.54, 1.807) is 37.3 Å². The highest BCUT2D eigenvalue weighted by atomic mass is 16.6. The first-order chi connectivity index (χ1) is 11.4. The summed E-state index contributed by atoms with van der Waals surface area (Å²) in [5.74, 6) is 0.